The van der Waals surface area contributed by atoms with Crippen LogP contribution in [0.2, 0.25) is 5.02 Å². The van der Waals surface area contributed by atoms with Crippen LogP contribution in [0.15, 0.2) is 93.0 Å². The highest BCUT2D eigenvalue weighted by Crippen LogP contribution is 2.43. The van der Waals surface area contributed by atoms with Gasteiger partial charge in [0, 0.05) is 26.6 Å². The van der Waals surface area contributed by atoms with Gasteiger partial charge in [-0.2, -0.15) is 0 Å². The molecule has 170 valence electrons. The van der Waals surface area contributed by atoms with Gasteiger partial charge in [0.05, 0.1) is 18.7 Å². The van der Waals surface area contributed by atoms with Gasteiger partial charge in [0.2, 0.25) is 5.78 Å². The topological polar surface area (TPSA) is 80.0 Å². The molecule has 1 N–H and O–H groups in total. The molecule has 6 nitrogen and oxygen atoms in total. The zero-order valence-corrected chi connectivity index (χ0v) is 20.1. The van der Waals surface area contributed by atoms with Gasteiger partial charge in [0.25, 0.3) is 5.91 Å². The number of ether oxygens (including phenoxy) is 1. The van der Waals surface area contributed by atoms with E-state index in [0.717, 1.165) is 4.47 Å². The summed E-state index contributed by atoms with van der Waals surface area (Å²) >= 11 is 9.57. The largest absolute Gasteiger partial charge is 0.503 e. The van der Waals surface area contributed by atoms with Crippen LogP contribution in [-0.4, -0.2) is 23.9 Å². The van der Waals surface area contributed by atoms with Crippen molar-refractivity contribution in [2.45, 2.75) is 6.04 Å². The fourth-order valence-electron chi connectivity index (χ4n) is 4.16. The van der Waals surface area contributed by atoms with Crippen LogP contribution in [0.1, 0.15) is 22.2 Å². The fourth-order valence-corrected chi connectivity index (χ4v) is 4.77. The number of halogens is 2. The third-order valence-electron chi connectivity index (χ3n) is 5.65. The Balaban J connectivity index is 1.66. The maximum Gasteiger partial charge on any atom is 0.294 e. The van der Waals surface area contributed by atoms with Crippen molar-refractivity contribution in [1.82, 2.24) is 0 Å². The molecule has 0 aliphatic carbocycles. The fraction of sp³-hybridized carbons (Fsp3) is 0.0769. The third-order valence-corrected chi connectivity index (χ3v) is 6.36. The van der Waals surface area contributed by atoms with Crippen molar-refractivity contribution < 1.29 is 23.8 Å². The van der Waals surface area contributed by atoms with Crippen LogP contribution in [0.25, 0.3) is 11.0 Å². The smallest absolute Gasteiger partial charge is 0.294 e. The van der Waals surface area contributed by atoms with Crippen LogP contribution in [-0.2, 0) is 4.79 Å². The second kappa shape index (κ2) is 8.66. The molecule has 1 aliphatic rings. The van der Waals surface area contributed by atoms with E-state index in [0.29, 0.717) is 33.0 Å². The maximum atomic E-state index is 13.7. The molecule has 8 heteroatoms. The number of fused-ring (bicyclic) bond motifs is 1. The molecule has 0 spiro atoms. The van der Waals surface area contributed by atoms with Gasteiger partial charge in [0.1, 0.15) is 0 Å². The first-order chi connectivity index (χ1) is 16.4. The molecule has 1 unspecified atom stereocenters. The zero-order valence-electron chi connectivity index (χ0n) is 17.8. The van der Waals surface area contributed by atoms with E-state index in [1.54, 1.807) is 42.5 Å². The minimum Gasteiger partial charge on any atom is -0.503 e. The molecule has 1 aliphatic heterocycles. The number of rotatable bonds is 5. The summed E-state index contributed by atoms with van der Waals surface area (Å²) in [6, 6.07) is 20.1. The van der Waals surface area contributed by atoms with Crippen molar-refractivity contribution in [2.24, 2.45) is 0 Å². The molecular weight excluding hydrogens is 522 g/mol. The number of anilines is 1. The summed E-state index contributed by atoms with van der Waals surface area (Å²) in [6.07, 6.45) is 0. The number of hydrogen-bond acceptors (Lipinski definition) is 5. The molecule has 0 radical (unpaired) electrons. The molecule has 0 bridgehead atoms. The molecule has 5 rings (SSSR count). The molecule has 0 saturated heterocycles. The average Bonchev–Trinajstić information content (AvgIpc) is 3.37. The number of benzene rings is 3. The van der Waals surface area contributed by atoms with Crippen molar-refractivity contribution in [2.75, 3.05) is 12.0 Å². The first-order valence-corrected chi connectivity index (χ1v) is 11.4. The minimum absolute atomic E-state index is 0.0399. The van der Waals surface area contributed by atoms with E-state index in [4.69, 9.17) is 20.8 Å². The lowest BCUT2D eigenvalue weighted by Gasteiger charge is -2.27. The number of hydrogen-bond donors (Lipinski definition) is 1. The lowest BCUT2D eigenvalue weighted by Crippen LogP contribution is -2.31. The average molecular weight is 539 g/mol. The van der Waals surface area contributed by atoms with E-state index in [-0.39, 0.29) is 11.3 Å². The Labute approximate surface area is 208 Å². The van der Waals surface area contributed by atoms with Crippen molar-refractivity contribution in [3.63, 3.8) is 0 Å². The van der Waals surface area contributed by atoms with Gasteiger partial charge in [-0.3, -0.25) is 14.5 Å². The maximum absolute atomic E-state index is 13.7. The third kappa shape index (κ3) is 3.67. The normalized spacial score (nSPS) is 15.9. The molecule has 1 amide bonds. The molecule has 0 fully saturated rings. The Morgan fingerprint density at radius 3 is 2.56 bits per heavy atom. The second-order valence-electron chi connectivity index (χ2n) is 7.70. The van der Waals surface area contributed by atoms with Crippen molar-refractivity contribution in [3.8, 4) is 5.75 Å². The molecule has 3 aromatic carbocycles. The number of nitrogens with zero attached hydrogens (tertiary/aromatic N) is 1. The van der Waals surface area contributed by atoms with Gasteiger partial charge in [-0.15, -0.1) is 0 Å². The summed E-state index contributed by atoms with van der Waals surface area (Å²) in [6.45, 7) is 0. The Hall–Kier alpha value is -3.55. The van der Waals surface area contributed by atoms with Crippen LogP contribution in [0, 0.1) is 0 Å². The quantitative estimate of drug-likeness (QED) is 0.288. The van der Waals surface area contributed by atoms with Crippen molar-refractivity contribution in [1.29, 1.82) is 0 Å². The predicted molar refractivity (Wildman–Crippen MR) is 133 cm³/mol. The summed E-state index contributed by atoms with van der Waals surface area (Å²) in [5, 5.41) is 11.9. The van der Waals surface area contributed by atoms with Gasteiger partial charge in [-0.05, 0) is 35.9 Å². The van der Waals surface area contributed by atoms with E-state index in [1.807, 2.05) is 24.3 Å². The number of aliphatic hydroxyl groups excluding tert-OH is 1. The summed E-state index contributed by atoms with van der Waals surface area (Å²) in [5.74, 6) is -1.57. The number of amides is 1. The molecule has 34 heavy (non-hydrogen) atoms. The Kier molecular flexibility index (Phi) is 5.67. The molecule has 4 aromatic rings. The van der Waals surface area contributed by atoms with Crippen LogP contribution in [0.3, 0.4) is 0 Å². The molecule has 1 atom stereocenters. The van der Waals surface area contributed by atoms with E-state index >= 15 is 0 Å². The van der Waals surface area contributed by atoms with Gasteiger partial charge < -0.3 is 14.3 Å². The van der Waals surface area contributed by atoms with Crippen LogP contribution < -0.4 is 9.64 Å². The lowest BCUT2D eigenvalue weighted by molar-refractivity contribution is -0.117. The summed E-state index contributed by atoms with van der Waals surface area (Å²) in [7, 11) is 1.47. The molecule has 2 heterocycles. The summed E-state index contributed by atoms with van der Waals surface area (Å²) in [5.41, 5.74) is 1.47. The zero-order chi connectivity index (χ0) is 24.0. The van der Waals surface area contributed by atoms with Crippen molar-refractivity contribution >= 4 is 55.9 Å². The van der Waals surface area contributed by atoms with Gasteiger partial charge in [-0.1, -0.05) is 63.9 Å². The highest BCUT2D eigenvalue weighted by Gasteiger charge is 2.45. The standard InChI is InChI=1S/C26H17BrClNO5/c1-33-20-13-17(28)10-15-11-19(34-25(15)20)23(30)21-22(14-6-3-2-4-7-14)29(26(32)24(21)31)18-9-5-8-16(27)12-18/h2-13,22,31H,1H3. The Bertz CT molecular complexity index is 1480. The van der Waals surface area contributed by atoms with Crippen molar-refractivity contribution in [3.05, 3.63) is 105 Å². The predicted octanol–water partition coefficient (Wildman–Crippen LogP) is 6.64. The lowest BCUT2D eigenvalue weighted by atomic mass is 9.95. The van der Waals surface area contributed by atoms with Gasteiger partial charge >= 0.3 is 0 Å². The van der Waals surface area contributed by atoms with Gasteiger partial charge in [0.15, 0.2) is 22.9 Å². The van der Waals surface area contributed by atoms with Crippen LogP contribution in [0.4, 0.5) is 5.69 Å². The molecule has 0 saturated carbocycles. The number of carbonyl (C=O) groups excluding carboxylic acids is 2. The van der Waals surface area contributed by atoms with Crippen LogP contribution in [0.5, 0.6) is 5.75 Å². The minimum atomic E-state index is -0.853. The first kappa shape index (κ1) is 22.3. The van der Waals surface area contributed by atoms with E-state index in [1.165, 1.54) is 18.1 Å². The number of ketones is 1. The Morgan fingerprint density at radius 2 is 1.85 bits per heavy atom. The molecular formula is C26H17BrClNO5. The summed E-state index contributed by atoms with van der Waals surface area (Å²) in [4.78, 5) is 28.4. The molecule has 1 aromatic heterocycles. The number of Topliss-reactive ketones (excluding diaryl/α,β-unsaturated/α-hetero) is 1. The van der Waals surface area contributed by atoms with E-state index in [2.05, 4.69) is 15.9 Å². The van der Waals surface area contributed by atoms with E-state index < -0.39 is 23.5 Å². The number of carbonyl (C=O) groups is 2. The first-order valence-electron chi connectivity index (χ1n) is 10.3. The number of furan rings is 1. The SMILES string of the molecule is COc1cc(Cl)cc2cc(C(=O)C3=C(O)C(=O)N(c4cccc(Br)c4)C3c3ccccc3)oc12. The van der Waals surface area contributed by atoms with Gasteiger partial charge in [-0.25, -0.2) is 0 Å². The second-order valence-corrected chi connectivity index (χ2v) is 9.05. The Morgan fingerprint density at radius 1 is 1.09 bits per heavy atom. The highest BCUT2D eigenvalue weighted by molar-refractivity contribution is 9.10. The monoisotopic (exact) mass is 537 g/mol. The van der Waals surface area contributed by atoms with E-state index in [9.17, 15) is 14.7 Å². The van der Waals surface area contributed by atoms with Crippen LogP contribution >= 0.6 is 27.5 Å². The number of aliphatic hydroxyl groups is 1. The summed E-state index contributed by atoms with van der Waals surface area (Å²) < 4.78 is 11.9. The highest BCUT2D eigenvalue weighted by atomic mass is 79.9. The number of methoxy groups -OCH3 is 1.